The maximum Gasteiger partial charge on any atom is 0.326 e. The summed E-state index contributed by atoms with van der Waals surface area (Å²) < 4.78 is 32.8. The van der Waals surface area contributed by atoms with Crippen molar-refractivity contribution < 1.29 is 17.9 Å². The third-order valence-corrected chi connectivity index (χ3v) is 3.64. The fourth-order valence-corrected chi connectivity index (χ4v) is 3.01. The van der Waals surface area contributed by atoms with Crippen LogP contribution in [0.2, 0.25) is 0 Å². The largest absolute Gasteiger partial charge is 0.468 e. The molecule has 0 aliphatic carbocycles. The summed E-state index contributed by atoms with van der Waals surface area (Å²) in [6.45, 7) is 6.79. The SMILES string of the molecule is CCCC(C)(NS(=O)(=O)NC(C)C)C(=O)OC. The van der Waals surface area contributed by atoms with Gasteiger partial charge in [0.2, 0.25) is 0 Å². The van der Waals surface area contributed by atoms with Gasteiger partial charge in [-0.25, -0.2) is 0 Å². The molecule has 0 fully saturated rings. The van der Waals surface area contributed by atoms with Crippen LogP contribution in [0.5, 0.6) is 0 Å². The second-order valence-electron chi connectivity index (χ2n) is 4.45. The number of nitrogens with one attached hydrogen (secondary N) is 2. The third-order valence-electron chi connectivity index (χ3n) is 2.14. The molecule has 0 heterocycles. The van der Waals surface area contributed by atoms with Gasteiger partial charge in [0.15, 0.2) is 0 Å². The van der Waals surface area contributed by atoms with Gasteiger partial charge in [0.1, 0.15) is 5.54 Å². The van der Waals surface area contributed by atoms with Gasteiger partial charge in [-0.15, -0.1) is 0 Å². The summed E-state index contributed by atoms with van der Waals surface area (Å²) in [6.07, 6.45) is 1.04. The lowest BCUT2D eigenvalue weighted by atomic mass is 9.98. The molecule has 1 atom stereocenters. The number of carbonyl (C=O) groups excluding carboxylic acids is 1. The molecule has 6 nitrogen and oxygen atoms in total. The second kappa shape index (κ2) is 6.32. The van der Waals surface area contributed by atoms with E-state index in [9.17, 15) is 13.2 Å². The lowest BCUT2D eigenvalue weighted by molar-refractivity contribution is -0.147. The molecular weight excluding hydrogens is 244 g/mol. The van der Waals surface area contributed by atoms with Crippen molar-refractivity contribution >= 4 is 16.2 Å². The molecule has 1 unspecified atom stereocenters. The number of hydrogen-bond donors (Lipinski definition) is 2. The molecule has 0 saturated carbocycles. The number of carbonyl (C=O) groups is 1. The molecule has 0 aromatic heterocycles. The van der Waals surface area contributed by atoms with Gasteiger partial charge >= 0.3 is 5.97 Å². The number of esters is 1. The Labute approximate surface area is 103 Å². The Morgan fingerprint density at radius 3 is 2.29 bits per heavy atom. The summed E-state index contributed by atoms with van der Waals surface area (Å²) in [6, 6.07) is -0.240. The minimum absolute atomic E-state index is 0.240. The first-order chi connectivity index (χ1) is 7.67. The van der Waals surface area contributed by atoms with Crippen LogP contribution in [-0.4, -0.2) is 33.1 Å². The van der Waals surface area contributed by atoms with E-state index < -0.39 is 21.7 Å². The van der Waals surface area contributed by atoms with Gasteiger partial charge in [-0.1, -0.05) is 13.3 Å². The van der Waals surface area contributed by atoms with Gasteiger partial charge in [-0.2, -0.15) is 17.9 Å². The lowest BCUT2D eigenvalue weighted by Gasteiger charge is -2.27. The molecule has 0 radical (unpaired) electrons. The van der Waals surface area contributed by atoms with Crippen molar-refractivity contribution in [2.45, 2.75) is 52.1 Å². The predicted molar refractivity (Wildman–Crippen MR) is 65.7 cm³/mol. The summed E-state index contributed by atoms with van der Waals surface area (Å²) in [5.41, 5.74) is -1.23. The highest BCUT2D eigenvalue weighted by Crippen LogP contribution is 2.15. The van der Waals surface area contributed by atoms with Crippen LogP contribution in [0.25, 0.3) is 0 Å². The second-order valence-corrected chi connectivity index (χ2v) is 5.90. The topological polar surface area (TPSA) is 84.5 Å². The van der Waals surface area contributed by atoms with Crippen LogP contribution in [0, 0.1) is 0 Å². The Kier molecular flexibility index (Phi) is 6.08. The van der Waals surface area contributed by atoms with Gasteiger partial charge < -0.3 is 4.74 Å². The monoisotopic (exact) mass is 266 g/mol. The predicted octanol–water partition coefficient (Wildman–Crippen LogP) is 0.551. The molecule has 17 heavy (non-hydrogen) atoms. The number of rotatable bonds is 7. The smallest absolute Gasteiger partial charge is 0.326 e. The average molecular weight is 266 g/mol. The van der Waals surface area contributed by atoms with Crippen molar-refractivity contribution in [3.8, 4) is 0 Å². The van der Waals surface area contributed by atoms with E-state index in [1.165, 1.54) is 14.0 Å². The zero-order chi connectivity index (χ0) is 13.7. The molecule has 0 spiro atoms. The Morgan fingerprint density at radius 1 is 1.41 bits per heavy atom. The molecule has 102 valence electrons. The highest BCUT2D eigenvalue weighted by atomic mass is 32.2. The normalized spacial score (nSPS) is 15.6. The van der Waals surface area contributed by atoms with Crippen molar-refractivity contribution in [1.82, 2.24) is 9.44 Å². The molecule has 0 aliphatic rings. The number of methoxy groups -OCH3 is 1. The minimum atomic E-state index is -3.72. The lowest BCUT2D eigenvalue weighted by Crippen LogP contribution is -2.56. The van der Waals surface area contributed by atoms with Crippen molar-refractivity contribution in [2.24, 2.45) is 0 Å². The first-order valence-electron chi connectivity index (χ1n) is 5.56. The van der Waals surface area contributed by atoms with E-state index in [0.29, 0.717) is 12.8 Å². The standard InChI is InChI=1S/C10H22N2O4S/c1-6-7-10(4,9(13)16-5)12-17(14,15)11-8(2)3/h8,11-12H,6-7H2,1-5H3. The van der Waals surface area contributed by atoms with E-state index in [1.807, 2.05) is 6.92 Å². The Bertz CT molecular complexity index is 353. The van der Waals surface area contributed by atoms with Crippen LogP contribution in [0.15, 0.2) is 0 Å². The zero-order valence-electron chi connectivity index (χ0n) is 11.0. The van der Waals surface area contributed by atoms with E-state index >= 15 is 0 Å². The molecular formula is C10H22N2O4S. The summed E-state index contributed by atoms with van der Waals surface area (Å²) in [4.78, 5) is 11.6. The van der Waals surface area contributed by atoms with Gasteiger partial charge in [-0.3, -0.25) is 4.79 Å². The van der Waals surface area contributed by atoms with E-state index in [1.54, 1.807) is 13.8 Å². The Morgan fingerprint density at radius 2 is 1.94 bits per heavy atom. The molecule has 0 saturated heterocycles. The van der Waals surface area contributed by atoms with Gasteiger partial charge in [0.25, 0.3) is 10.2 Å². The summed E-state index contributed by atoms with van der Waals surface area (Å²) in [5.74, 6) is -0.589. The van der Waals surface area contributed by atoms with Crippen molar-refractivity contribution in [3.63, 3.8) is 0 Å². The van der Waals surface area contributed by atoms with Crippen LogP contribution in [0.3, 0.4) is 0 Å². The van der Waals surface area contributed by atoms with Crippen LogP contribution in [-0.2, 0) is 19.7 Å². The number of hydrogen-bond acceptors (Lipinski definition) is 4. The Balaban J connectivity index is 4.94. The van der Waals surface area contributed by atoms with E-state index in [2.05, 4.69) is 14.2 Å². The molecule has 0 rings (SSSR count). The fraction of sp³-hybridized carbons (Fsp3) is 0.900. The molecule has 0 aromatic rings. The van der Waals surface area contributed by atoms with Crippen molar-refractivity contribution in [1.29, 1.82) is 0 Å². The molecule has 0 amide bonds. The highest BCUT2D eigenvalue weighted by Gasteiger charge is 2.37. The van der Waals surface area contributed by atoms with Crippen molar-refractivity contribution in [3.05, 3.63) is 0 Å². The van der Waals surface area contributed by atoms with Gasteiger partial charge in [0, 0.05) is 6.04 Å². The third kappa shape index (κ3) is 5.47. The zero-order valence-corrected chi connectivity index (χ0v) is 11.8. The molecule has 7 heteroatoms. The molecule has 2 N–H and O–H groups in total. The quantitative estimate of drug-likeness (QED) is 0.659. The summed E-state index contributed by atoms with van der Waals surface area (Å²) >= 11 is 0. The molecule has 0 aromatic carbocycles. The van der Waals surface area contributed by atoms with Crippen LogP contribution in [0.4, 0.5) is 0 Å². The summed E-state index contributed by atoms with van der Waals surface area (Å²) in [7, 11) is -2.48. The minimum Gasteiger partial charge on any atom is -0.468 e. The average Bonchev–Trinajstić information content (AvgIpc) is 2.13. The number of ether oxygens (including phenoxy) is 1. The fourth-order valence-electron chi connectivity index (χ4n) is 1.56. The van der Waals surface area contributed by atoms with Crippen LogP contribution >= 0.6 is 0 Å². The molecule has 0 aliphatic heterocycles. The Hall–Kier alpha value is -0.660. The van der Waals surface area contributed by atoms with Gasteiger partial charge in [0.05, 0.1) is 7.11 Å². The van der Waals surface area contributed by atoms with Crippen LogP contribution in [0.1, 0.15) is 40.5 Å². The summed E-state index contributed by atoms with van der Waals surface area (Å²) in [5, 5.41) is 0. The van der Waals surface area contributed by atoms with Crippen molar-refractivity contribution in [2.75, 3.05) is 7.11 Å². The van der Waals surface area contributed by atoms with E-state index in [-0.39, 0.29) is 6.04 Å². The highest BCUT2D eigenvalue weighted by molar-refractivity contribution is 7.87. The van der Waals surface area contributed by atoms with E-state index in [0.717, 1.165) is 0 Å². The van der Waals surface area contributed by atoms with Gasteiger partial charge in [-0.05, 0) is 27.2 Å². The first-order valence-corrected chi connectivity index (χ1v) is 7.05. The first kappa shape index (κ1) is 16.3. The van der Waals surface area contributed by atoms with Crippen LogP contribution < -0.4 is 9.44 Å². The molecule has 0 bridgehead atoms. The van der Waals surface area contributed by atoms with E-state index in [4.69, 9.17) is 0 Å². The maximum absolute atomic E-state index is 11.7. The maximum atomic E-state index is 11.7.